The molecule has 186 valence electrons. The van der Waals surface area contributed by atoms with Crippen LogP contribution in [0.25, 0.3) is 11.1 Å². The monoisotopic (exact) mass is 473 g/mol. The van der Waals surface area contributed by atoms with Crippen molar-refractivity contribution in [2.24, 2.45) is 0 Å². The first-order chi connectivity index (χ1) is 16.1. The average Bonchev–Trinajstić information content (AvgIpc) is 2.77. The molecule has 0 aromatic heterocycles. The summed E-state index contributed by atoms with van der Waals surface area (Å²) in [4.78, 5) is 24.7. The molecule has 0 aliphatic rings. The molecule has 2 aromatic rings. The molecule has 8 nitrogen and oxygen atoms in total. The highest BCUT2D eigenvalue weighted by atomic mass is 16.6. The minimum Gasteiger partial charge on any atom is -0.496 e. The molecule has 2 rings (SSSR count). The molecule has 0 saturated carbocycles. The van der Waals surface area contributed by atoms with E-state index in [9.17, 15) is 14.7 Å². The van der Waals surface area contributed by atoms with Gasteiger partial charge in [-0.05, 0) is 62.9 Å². The molecule has 2 N–H and O–H groups in total. The van der Waals surface area contributed by atoms with Crippen molar-refractivity contribution >= 4 is 12.1 Å². The van der Waals surface area contributed by atoms with E-state index in [-0.39, 0.29) is 19.6 Å². The topological polar surface area (TPSA) is 103 Å². The van der Waals surface area contributed by atoms with E-state index >= 15 is 0 Å². The first-order valence-corrected chi connectivity index (χ1v) is 11.2. The second kappa shape index (κ2) is 12.3. The third-order valence-corrected chi connectivity index (χ3v) is 4.91. The summed E-state index contributed by atoms with van der Waals surface area (Å²) in [6, 6.07) is 10.4. The summed E-state index contributed by atoms with van der Waals surface area (Å²) in [5.74, 6) is 0.735. The van der Waals surface area contributed by atoms with Gasteiger partial charge in [0.25, 0.3) is 0 Å². The van der Waals surface area contributed by atoms with Gasteiger partial charge in [-0.2, -0.15) is 0 Å². The van der Waals surface area contributed by atoms with Crippen LogP contribution in [0.2, 0.25) is 0 Å². The van der Waals surface area contributed by atoms with Crippen molar-refractivity contribution in [2.75, 3.05) is 27.4 Å². The van der Waals surface area contributed by atoms with Crippen LogP contribution in [0.5, 0.6) is 11.5 Å². The number of esters is 1. The van der Waals surface area contributed by atoms with Gasteiger partial charge in [-0.1, -0.05) is 24.3 Å². The number of carbonyl (C=O) groups is 2. The average molecular weight is 474 g/mol. The third-order valence-electron chi connectivity index (χ3n) is 4.91. The van der Waals surface area contributed by atoms with Gasteiger partial charge < -0.3 is 29.4 Å². The molecule has 8 heteroatoms. The van der Waals surface area contributed by atoms with Gasteiger partial charge in [-0.15, -0.1) is 0 Å². The molecular formula is C26H35NO7. The molecular weight excluding hydrogens is 438 g/mol. The summed E-state index contributed by atoms with van der Waals surface area (Å²) < 4.78 is 21.6. The fourth-order valence-corrected chi connectivity index (χ4v) is 3.45. The molecule has 1 amide bonds. The Kier molecular flexibility index (Phi) is 9.74. The normalized spacial score (nSPS) is 12.0. The number of rotatable bonds is 10. The van der Waals surface area contributed by atoms with Crippen LogP contribution in [-0.4, -0.2) is 56.2 Å². The summed E-state index contributed by atoms with van der Waals surface area (Å²) in [5.41, 5.74) is 2.69. The summed E-state index contributed by atoms with van der Waals surface area (Å²) >= 11 is 0. The summed E-state index contributed by atoms with van der Waals surface area (Å²) in [6.45, 7) is 7.20. The lowest BCUT2D eigenvalue weighted by molar-refractivity contribution is -0.145. The number of aliphatic hydroxyl groups excluding tert-OH is 1. The van der Waals surface area contributed by atoms with Crippen molar-refractivity contribution in [3.63, 3.8) is 0 Å². The van der Waals surface area contributed by atoms with Crippen molar-refractivity contribution in [3.05, 3.63) is 47.5 Å². The number of amides is 1. The Morgan fingerprint density at radius 3 is 2.06 bits per heavy atom. The van der Waals surface area contributed by atoms with Crippen LogP contribution < -0.4 is 14.8 Å². The number of benzene rings is 2. The number of alkyl carbamates (subject to hydrolysis) is 1. The molecule has 0 aliphatic carbocycles. The molecule has 0 aliphatic heterocycles. The van der Waals surface area contributed by atoms with Crippen LogP contribution in [0, 0.1) is 0 Å². The Morgan fingerprint density at radius 2 is 1.59 bits per heavy atom. The molecule has 0 heterocycles. The van der Waals surface area contributed by atoms with Gasteiger partial charge in [0.15, 0.2) is 0 Å². The smallest absolute Gasteiger partial charge is 0.408 e. The largest absolute Gasteiger partial charge is 0.496 e. The van der Waals surface area contributed by atoms with E-state index in [2.05, 4.69) is 5.32 Å². The second-order valence-corrected chi connectivity index (χ2v) is 8.70. The predicted octanol–water partition coefficient (Wildman–Crippen LogP) is 3.90. The highest BCUT2D eigenvalue weighted by Crippen LogP contribution is 2.39. The van der Waals surface area contributed by atoms with E-state index < -0.39 is 23.7 Å². The quantitative estimate of drug-likeness (QED) is 0.504. The molecule has 2 aromatic carbocycles. The Bertz CT molecular complexity index is 939. The number of methoxy groups -OCH3 is 2. The number of carbonyl (C=O) groups excluding carboxylic acids is 2. The van der Waals surface area contributed by atoms with E-state index in [1.807, 2.05) is 36.4 Å². The molecule has 0 fully saturated rings. The predicted molar refractivity (Wildman–Crippen MR) is 129 cm³/mol. The second-order valence-electron chi connectivity index (χ2n) is 8.70. The van der Waals surface area contributed by atoms with E-state index in [4.69, 9.17) is 18.9 Å². The van der Waals surface area contributed by atoms with Crippen LogP contribution in [0.3, 0.4) is 0 Å². The maximum absolute atomic E-state index is 12.4. The zero-order chi connectivity index (χ0) is 25.3. The highest BCUT2D eigenvalue weighted by Gasteiger charge is 2.26. The summed E-state index contributed by atoms with van der Waals surface area (Å²) in [7, 11) is 3.17. The minimum absolute atomic E-state index is 0.0271. The Hall–Kier alpha value is -3.26. The van der Waals surface area contributed by atoms with Crippen molar-refractivity contribution in [1.82, 2.24) is 5.32 Å². The fourth-order valence-electron chi connectivity index (χ4n) is 3.45. The van der Waals surface area contributed by atoms with Gasteiger partial charge in [0.2, 0.25) is 0 Å². The fraction of sp³-hybridized carbons (Fsp3) is 0.462. The Morgan fingerprint density at radius 1 is 1.00 bits per heavy atom. The lowest BCUT2D eigenvalue weighted by atomic mass is 9.97. The van der Waals surface area contributed by atoms with Gasteiger partial charge in [0.05, 0.1) is 26.4 Å². The van der Waals surface area contributed by atoms with Gasteiger partial charge >= 0.3 is 12.1 Å². The summed E-state index contributed by atoms with van der Waals surface area (Å²) in [6.07, 6.45) is 0.0491. The molecule has 1 atom stereocenters. The third kappa shape index (κ3) is 7.66. The standard InChI is InChI=1S/C26H35NO7/c1-7-33-24(29)20(27-25(30)34-26(2,3)4)14-17-8-10-19(11-9-17)23-21(31-5)15-18(12-13-28)16-22(23)32-6/h8-11,15-16,20,28H,7,12-14H2,1-6H3,(H,27,30)/t20-/m0/s1. The first-order valence-electron chi connectivity index (χ1n) is 11.2. The van der Waals surface area contributed by atoms with Crippen LogP contribution in [-0.2, 0) is 27.1 Å². The first kappa shape index (κ1) is 27.0. The Labute approximate surface area is 201 Å². The van der Waals surface area contributed by atoms with Gasteiger partial charge in [-0.3, -0.25) is 0 Å². The van der Waals surface area contributed by atoms with Gasteiger partial charge in [0, 0.05) is 13.0 Å². The number of aliphatic hydroxyl groups is 1. The number of hydrogen-bond acceptors (Lipinski definition) is 7. The number of hydrogen-bond donors (Lipinski definition) is 2. The van der Waals surface area contributed by atoms with Crippen LogP contribution in [0.4, 0.5) is 4.79 Å². The van der Waals surface area contributed by atoms with E-state index in [1.54, 1.807) is 41.9 Å². The lowest BCUT2D eigenvalue weighted by Gasteiger charge is -2.23. The van der Waals surface area contributed by atoms with E-state index in [0.29, 0.717) is 17.9 Å². The number of ether oxygens (including phenoxy) is 4. The maximum atomic E-state index is 12.4. The van der Waals surface area contributed by atoms with Crippen LogP contribution in [0.1, 0.15) is 38.8 Å². The van der Waals surface area contributed by atoms with Crippen LogP contribution >= 0.6 is 0 Å². The minimum atomic E-state index is -0.887. The van der Waals surface area contributed by atoms with Gasteiger partial charge in [0.1, 0.15) is 23.1 Å². The Balaban J connectivity index is 2.29. The van der Waals surface area contributed by atoms with Crippen molar-refractivity contribution in [1.29, 1.82) is 0 Å². The molecule has 0 bridgehead atoms. The van der Waals surface area contributed by atoms with Gasteiger partial charge in [-0.25, -0.2) is 9.59 Å². The molecule has 0 saturated heterocycles. The molecule has 34 heavy (non-hydrogen) atoms. The zero-order valence-electron chi connectivity index (χ0n) is 20.8. The van der Waals surface area contributed by atoms with Crippen molar-refractivity contribution in [3.8, 4) is 22.6 Å². The van der Waals surface area contributed by atoms with Crippen molar-refractivity contribution in [2.45, 2.75) is 52.2 Å². The molecule has 0 spiro atoms. The van der Waals surface area contributed by atoms with E-state index in [1.165, 1.54) is 0 Å². The summed E-state index contributed by atoms with van der Waals surface area (Å²) in [5, 5.41) is 11.9. The lowest BCUT2D eigenvalue weighted by Crippen LogP contribution is -2.45. The maximum Gasteiger partial charge on any atom is 0.408 e. The molecule has 0 unspecified atom stereocenters. The zero-order valence-corrected chi connectivity index (χ0v) is 20.8. The SMILES string of the molecule is CCOC(=O)[C@H](Cc1ccc(-c2c(OC)cc(CCO)cc2OC)cc1)NC(=O)OC(C)(C)C. The highest BCUT2D eigenvalue weighted by molar-refractivity contribution is 5.82. The van der Waals surface area contributed by atoms with Crippen LogP contribution in [0.15, 0.2) is 36.4 Å². The number of nitrogens with one attached hydrogen (secondary N) is 1. The molecule has 0 radical (unpaired) electrons. The van der Waals surface area contributed by atoms with E-state index in [0.717, 1.165) is 22.3 Å². The van der Waals surface area contributed by atoms with Crippen molar-refractivity contribution < 1.29 is 33.6 Å².